The molecule has 1 radical (unpaired) electrons. The van der Waals surface area contributed by atoms with Crippen molar-refractivity contribution in [3.63, 3.8) is 0 Å². The van der Waals surface area contributed by atoms with Gasteiger partial charge in [0.15, 0.2) is 0 Å². The molecule has 0 aromatic heterocycles. The Kier molecular flexibility index (Phi) is 24.6. The number of rotatable bonds is 0. The van der Waals surface area contributed by atoms with E-state index in [0.717, 1.165) is 0 Å². The van der Waals surface area contributed by atoms with E-state index in [1.54, 1.807) is 0 Å². The third-order valence-electron chi connectivity index (χ3n) is 0. The molecule has 0 unspecified atom stereocenters. The minimum absolute atomic E-state index is 0. The maximum Gasteiger partial charge on any atom is 1.00 e. The first kappa shape index (κ1) is 22.6. The third kappa shape index (κ3) is 120. The molecule has 0 atom stereocenters. The smallest absolute Gasteiger partial charge is 1.00 e. The summed E-state index contributed by atoms with van der Waals surface area (Å²) in [7, 11) is -4.64. The summed E-state index contributed by atoms with van der Waals surface area (Å²) >= 11 is 0. The Hall–Kier alpha value is 1.69. The second-order valence-electron chi connectivity index (χ2n) is 0.513. The van der Waals surface area contributed by atoms with Crippen molar-refractivity contribution < 1.29 is 68.8 Å². The zero-order valence-corrected chi connectivity index (χ0v) is 7.94. The van der Waals surface area contributed by atoms with E-state index in [2.05, 4.69) is 0 Å². The van der Waals surface area contributed by atoms with Gasteiger partial charge in [-0.1, -0.05) is 7.43 Å². The van der Waals surface area contributed by atoms with E-state index in [1.165, 1.54) is 0 Å². The Balaban J connectivity index is -0.0000000133. The van der Waals surface area contributed by atoms with Crippen LogP contribution in [0.2, 0.25) is 0 Å². The molecule has 3 N–H and O–H groups in total. The van der Waals surface area contributed by atoms with Gasteiger partial charge in [0.05, 0.1) is 0 Å². The van der Waals surface area contributed by atoms with Crippen molar-refractivity contribution >= 4 is 7.82 Å². The van der Waals surface area contributed by atoms with Crippen LogP contribution in [-0.4, -0.2) is 14.7 Å². The Labute approximate surface area is 83.6 Å². The van der Waals surface area contributed by atoms with Crippen molar-refractivity contribution in [3.8, 4) is 0 Å². The van der Waals surface area contributed by atoms with Gasteiger partial charge in [-0.2, -0.15) is 0 Å². The molecule has 0 saturated carbocycles. The summed E-state index contributed by atoms with van der Waals surface area (Å²) in [5.74, 6) is 0. The van der Waals surface area contributed by atoms with Gasteiger partial charge in [0, 0.05) is 18.6 Å². The molecule has 0 fully saturated rings. The van der Waals surface area contributed by atoms with Crippen molar-refractivity contribution in [1.29, 1.82) is 0 Å². The van der Waals surface area contributed by atoms with Gasteiger partial charge in [0.1, 0.15) is 0 Å². The molecule has 8 heavy (non-hydrogen) atoms. The Morgan fingerprint density at radius 2 is 1.25 bits per heavy atom. The number of hydrogen-bond acceptors (Lipinski definition) is 1. The molecular formula is CH8NaO4PV. The number of phosphoric acid groups is 1. The van der Waals surface area contributed by atoms with E-state index >= 15 is 0 Å². The topological polar surface area (TPSA) is 77.8 Å². The van der Waals surface area contributed by atoms with Gasteiger partial charge in [0.25, 0.3) is 0 Å². The standard InChI is InChI=1S/CH4.Na.H3O4P.V.H/c;;1-5(2,3)4;;/h1H4;;(H3,1,2,3,4);;/q;+1;;;-1. The number of hydrogen-bond donors (Lipinski definition) is 3. The summed E-state index contributed by atoms with van der Waals surface area (Å²) in [4.78, 5) is 21.6. The molecule has 0 spiro atoms. The van der Waals surface area contributed by atoms with Crippen LogP contribution in [0.5, 0.6) is 0 Å². The van der Waals surface area contributed by atoms with Gasteiger partial charge in [-0.25, -0.2) is 4.57 Å². The normalized spacial score (nSPS) is 7.38. The maximum absolute atomic E-state index is 8.88. The van der Waals surface area contributed by atoms with E-state index in [0.29, 0.717) is 0 Å². The average molecular weight is 189 g/mol. The third-order valence-corrected chi connectivity index (χ3v) is 0. The van der Waals surface area contributed by atoms with Crippen molar-refractivity contribution in [3.05, 3.63) is 0 Å². The SMILES string of the molecule is C.O=P(O)(O)O.[H-].[Na+].[V]. The van der Waals surface area contributed by atoms with Crippen molar-refractivity contribution in [2.45, 2.75) is 7.43 Å². The van der Waals surface area contributed by atoms with Crippen LogP contribution in [0.25, 0.3) is 0 Å². The van der Waals surface area contributed by atoms with Crippen LogP contribution >= 0.6 is 7.82 Å². The maximum atomic E-state index is 8.88. The second kappa shape index (κ2) is 8.69. The van der Waals surface area contributed by atoms with E-state index in [4.69, 9.17) is 19.2 Å². The van der Waals surface area contributed by atoms with Gasteiger partial charge in [-0.05, 0) is 0 Å². The Morgan fingerprint density at radius 1 is 1.25 bits per heavy atom. The van der Waals surface area contributed by atoms with Gasteiger partial charge < -0.3 is 16.1 Å². The molecule has 0 amide bonds. The Morgan fingerprint density at radius 3 is 1.25 bits per heavy atom. The van der Waals surface area contributed by atoms with Crippen LogP contribution in [0.4, 0.5) is 0 Å². The first-order chi connectivity index (χ1) is 2.00. The molecule has 0 aromatic rings. The first-order valence-corrected chi connectivity index (χ1v) is 2.35. The molecule has 7 heteroatoms. The van der Waals surface area contributed by atoms with Gasteiger partial charge in [-0.3, -0.25) is 0 Å². The summed E-state index contributed by atoms with van der Waals surface area (Å²) in [5.41, 5.74) is 0. The zero-order chi connectivity index (χ0) is 4.50. The van der Waals surface area contributed by atoms with Gasteiger partial charge >= 0.3 is 37.4 Å². The van der Waals surface area contributed by atoms with E-state index < -0.39 is 7.82 Å². The van der Waals surface area contributed by atoms with Crippen LogP contribution in [0.1, 0.15) is 8.85 Å². The fraction of sp³-hybridized carbons (Fsp3) is 1.00. The monoisotopic (exact) mass is 189 g/mol. The molecule has 0 rings (SSSR count). The summed E-state index contributed by atoms with van der Waals surface area (Å²) in [6, 6.07) is 0. The average Bonchev–Trinajstić information content (AvgIpc) is 0.722. The fourth-order valence-corrected chi connectivity index (χ4v) is 0. The fourth-order valence-electron chi connectivity index (χ4n) is 0. The summed E-state index contributed by atoms with van der Waals surface area (Å²) in [6.07, 6.45) is 0. The predicted molar refractivity (Wildman–Crippen MR) is 22.1 cm³/mol. The summed E-state index contributed by atoms with van der Waals surface area (Å²) in [5, 5.41) is 0. The molecule has 0 aliphatic rings. The van der Waals surface area contributed by atoms with E-state index in [1.807, 2.05) is 0 Å². The molecule has 0 heterocycles. The van der Waals surface area contributed by atoms with Crippen LogP contribution in [0.3, 0.4) is 0 Å². The quantitative estimate of drug-likeness (QED) is 0.277. The molecular weight excluding hydrogens is 181 g/mol. The molecule has 0 bridgehead atoms. The van der Waals surface area contributed by atoms with Crippen molar-refractivity contribution in [1.82, 2.24) is 0 Å². The van der Waals surface area contributed by atoms with E-state index in [9.17, 15) is 0 Å². The summed E-state index contributed by atoms with van der Waals surface area (Å²) < 4.78 is 8.88. The molecule has 0 saturated heterocycles. The first-order valence-electron chi connectivity index (χ1n) is 0.783. The van der Waals surface area contributed by atoms with Crippen molar-refractivity contribution in [2.24, 2.45) is 0 Å². The second-order valence-corrected chi connectivity index (χ2v) is 1.54. The van der Waals surface area contributed by atoms with Gasteiger partial charge in [-0.15, -0.1) is 0 Å². The van der Waals surface area contributed by atoms with Gasteiger partial charge in [0.2, 0.25) is 0 Å². The van der Waals surface area contributed by atoms with Crippen molar-refractivity contribution in [2.75, 3.05) is 0 Å². The molecule has 0 aliphatic heterocycles. The van der Waals surface area contributed by atoms with Crippen LogP contribution in [-0.2, 0) is 23.1 Å². The molecule has 0 aromatic carbocycles. The zero-order valence-electron chi connectivity index (χ0n) is 4.64. The minimum Gasteiger partial charge on any atom is -1.00 e. The minimum atomic E-state index is -4.64. The largest absolute Gasteiger partial charge is 1.00 e. The Bertz CT molecular complexity index is 66.7. The summed E-state index contributed by atoms with van der Waals surface area (Å²) in [6.45, 7) is 0. The van der Waals surface area contributed by atoms with E-state index in [-0.39, 0.29) is 57.0 Å². The van der Waals surface area contributed by atoms with Crippen LogP contribution in [0.15, 0.2) is 0 Å². The molecule has 4 nitrogen and oxygen atoms in total. The van der Waals surface area contributed by atoms with Crippen LogP contribution < -0.4 is 29.6 Å². The van der Waals surface area contributed by atoms with Crippen LogP contribution in [0, 0.1) is 0 Å². The molecule has 47 valence electrons. The molecule has 0 aliphatic carbocycles. The predicted octanol–water partition coefficient (Wildman–Crippen LogP) is -3.18.